The molecule has 8 heteroatoms. The summed E-state index contributed by atoms with van der Waals surface area (Å²) in [6.07, 6.45) is 4.13. The number of aryl methyl sites for hydroxylation is 1. The Hall–Kier alpha value is -2.77. The van der Waals surface area contributed by atoms with Gasteiger partial charge >= 0.3 is 0 Å². The van der Waals surface area contributed by atoms with Gasteiger partial charge in [-0.3, -0.25) is 4.79 Å². The summed E-state index contributed by atoms with van der Waals surface area (Å²) in [7, 11) is 1.78. The van der Waals surface area contributed by atoms with Crippen LogP contribution in [0.25, 0.3) is 0 Å². The van der Waals surface area contributed by atoms with Crippen LogP contribution in [0.1, 0.15) is 28.7 Å². The van der Waals surface area contributed by atoms with E-state index in [1.807, 2.05) is 24.3 Å². The lowest BCUT2D eigenvalue weighted by atomic mass is 10.0. The molecule has 0 saturated carbocycles. The van der Waals surface area contributed by atoms with Crippen molar-refractivity contribution in [1.82, 2.24) is 25.3 Å². The van der Waals surface area contributed by atoms with Crippen LogP contribution in [0.4, 0.5) is 5.95 Å². The fourth-order valence-corrected chi connectivity index (χ4v) is 2.90. The molecule has 0 amide bonds. The van der Waals surface area contributed by atoms with Gasteiger partial charge < -0.3 is 15.6 Å². The van der Waals surface area contributed by atoms with E-state index in [0.29, 0.717) is 29.8 Å². The number of hydrogen-bond acceptors (Lipinski definition) is 6. The van der Waals surface area contributed by atoms with E-state index in [-0.39, 0.29) is 11.6 Å². The van der Waals surface area contributed by atoms with Gasteiger partial charge in [0.05, 0.1) is 0 Å². The highest BCUT2D eigenvalue weighted by Gasteiger charge is 2.14. The van der Waals surface area contributed by atoms with Crippen molar-refractivity contribution in [1.29, 1.82) is 0 Å². The molecule has 2 aromatic heterocycles. The SMILES string of the molecule is CNc1ncc(CNC(Cc2cc(=O)[nH]c(C)n2)c2ccc(Cl)cc2)cn1. The summed E-state index contributed by atoms with van der Waals surface area (Å²) in [6, 6.07) is 9.14. The second kappa shape index (κ2) is 8.75. The standard InChI is InChI=1S/C19H21ClN6O/c1-12-25-16(8-18(27)26-12)7-17(14-3-5-15(20)6-4-14)22-9-13-10-23-19(21-2)24-11-13/h3-6,8,10-11,17,22H,7,9H2,1-2H3,(H,21,23,24)(H,25,26,27). The van der Waals surface area contributed by atoms with Crippen LogP contribution in [0.3, 0.4) is 0 Å². The van der Waals surface area contributed by atoms with Gasteiger partial charge in [0.1, 0.15) is 5.82 Å². The molecule has 0 aliphatic heterocycles. The summed E-state index contributed by atoms with van der Waals surface area (Å²) in [5.41, 5.74) is 2.60. The summed E-state index contributed by atoms with van der Waals surface area (Å²) in [5.74, 6) is 1.18. The number of hydrogen-bond donors (Lipinski definition) is 3. The third kappa shape index (κ3) is 5.35. The second-order valence-electron chi connectivity index (χ2n) is 6.18. The van der Waals surface area contributed by atoms with Crippen LogP contribution in [0, 0.1) is 6.92 Å². The summed E-state index contributed by atoms with van der Waals surface area (Å²) in [6.45, 7) is 2.36. The average Bonchev–Trinajstić information content (AvgIpc) is 2.65. The van der Waals surface area contributed by atoms with Gasteiger partial charge in [-0.25, -0.2) is 15.0 Å². The lowest BCUT2D eigenvalue weighted by Gasteiger charge is -2.19. The monoisotopic (exact) mass is 384 g/mol. The minimum absolute atomic E-state index is 0.0417. The van der Waals surface area contributed by atoms with Gasteiger partial charge in [-0.2, -0.15) is 0 Å². The fourth-order valence-electron chi connectivity index (χ4n) is 2.77. The molecule has 1 unspecified atom stereocenters. The van der Waals surface area contributed by atoms with Gasteiger partial charge in [-0.15, -0.1) is 0 Å². The quantitative estimate of drug-likeness (QED) is 0.579. The van der Waals surface area contributed by atoms with E-state index >= 15 is 0 Å². The van der Waals surface area contributed by atoms with E-state index in [1.165, 1.54) is 6.07 Å². The number of halogens is 1. The molecule has 7 nitrogen and oxygen atoms in total. The van der Waals surface area contributed by atoms with Crippen molar-refractivity contribution in [2.75, 3.05) is 12.4 Å². The maximum atomic E-state index is 11.8. The predicted molar refractivity (Wildman–Crippen MR) is 106 cm³/mol. The van der Waals surface area contributed by atoms with Crippen LogP contribution in [0.2, 0.25) is 5.02 Å². The molecule has 0 fully saturated rings. The van der Waals surface area contributed by atoms with Crippen molar-refractivity contribution >= 4 is 17.5 Å². The van der Waals surface area contributed by atoms with Crippen LogP contribution in [0.5, 0.6) is 0 Å². The first-order valence-corrected chi connectivity index (χ1v) is 8.95. The molecule has 0 saturated heterocycles. The Morgan fingerprint density at radius 2 is 1.89 bits per heavy atom. The molecule has 140 valence electrons. The molecule has 0 aliphatic carbocycles. The minimum Gasteiger partial charge on any atom is -0.357 e. The molecule has 1 atom stereocenters. The van der Waals surface area contributed by atoms with Gasteiger partial charge in [0.25, 0.3) is 5.56 Å². The Morgan fingerprint density at radius 1 is 1.19 bits per heavy atom. The number of benzene rings is 1. The number of aromatic amines is 1. The highest BCUT2D eigenvalue weighted by Crippen LogP contribution is 2.20. The van der Waals surface area contributed by atoms with Crippen molar-refractivity contribution in [3.63, 3.8) is 0 Å². The topological polar surface area (TPSA) is 95.6 Å². The lowest BCUT2D eigenvalue weighted by molar-refractivity contribution is 0.522. The zero-order valence-electron chi connectivity index (χ0n) is 15.2. The predicted octanol–water partition coefficient (Wildman–Crippen LogP) is 2.64. The molecule has 1 aromatic carbocycles. The highest BCUT2D eigenvalue weighted by molar-refractivity contribution is 6.30. The van der Waals surface area contributed by atoms with Crippen molar-refractivity contribution in [2.24, 2.45) is 0 Å². The van der Waals surface area contributed by atoms with Crippen LogP contribution >= 0.6 is 11.6 Å². The summed E-state index contributed by atoms with van der Waals surface area (Å²) in [5, 5.41) is 7.08. The Morgan fingerprint density at radius 3 is 2.52 bits per heavy atom. The molecule has 3 rings (SSSR count). The largest absolute Gasteiger partial charge is 0.357 e. The van der Waals surface area contributed by atoms with Crippen molar-refractivity contribution in [2.45, 2.75) is 25.9 Å². The highest BCUT2D eigenvalue weighted by atomic mass is 35.5. The maximum absolute atomic E-state index is 11.8. The maximum Gasteiger partial charge on any atom is 0.251 e. The van der Waals surface area contributed by atoms with Crippen LogP contribution < -0.4 is 16.2 Å². The van der Waals surface area contributed by atoms with E-state index in [2.05, 4.69) is 30.6 Å². The molecular formula is C19H21ClN6O. The number of nitrogens with zero attached hydrogens (tertiary/aromatic N) is 3. The Balaban J connectivity index is 1.80. The summed E-state index contributed by atoms with van der Waals surface area (Å²) in [4.78, 5) is 27.3. The summed E-state index contributed by atoms with van der Waals surface area (Å²) >= 11 is 6.02. The summed E-state index contributed by atoms with van der Waals surface area (Å²) < 4.78 is 0. The number of rotatable bonds is 7. The smallest absolute Gasteiger partial charge is 0.251 e. The molecule has 27 heavy (non-hydrogen) atoms. The van der Waals surface area contributed by atoms with Gasteiger partial charge in [0, 0.05) is 60.8 Å². The third-order valence-electron chi connectivity index (χ3n) is 4.08. The van der Waals surface area contributed by atoms with Gasteiger partial charge in [-0.1, -0.05) is 23.7 Å². The van der Waals surface area contributed by atoms with Crippen LogP contribution in [-0.4, -0.2) is 27.0 Å². The minimum atomic E-state index is -0.150. The van der Waals surface area contributed by atoms with Crippen molar-refractivity contribution in [3.8, 4) is 0 Å². The van der Waals surface area contributed by atoms with Gasteiger partial charge in [0.2, 0.25) is 5.95 Å². The zero-order chi connectivity index (χ0) is 19.2. The lowest BCUT2D eigenvalue weighted by Crippen LogP contribution is -2.24. The Labute approximate surface area is 162 Å². The van der Waals surface area contributed by atoms with E-state index in [4.69, 9.17) is 11.6 Å². The molecule has 3 aromatic rings. The van der Waals surface area contributed by atoms with Crippen molar-refractivity contribution < 1.29 is 0 Å². The van der Waals surface area contributed by atoms with E-state index in [9.17, 15) is 4.79 Å². The fraction of sp³-hybridized carbons (Fsp3) is 0.263. The van der Waals surface area contributed by atoms with Crippen LogP contribution in [0.15, 0.2) is 47.5 Å². The Bertz CT molecular complexity index is 940. The molecule has 0 aliphatic rings. The molecule has 3 N–H and O–H groups in total. The first-order valence-electron chi connectivity index (χ1n) is 8.58. The molecule has 0 bridgehead atoms. The van der Waals surface area contributed by atoms with Gasteiger partial charge in [0.15, 0.2) is 0 Å². The molecular weight excluding hydrogens is 364 g/mol. The number of H-pyrrole nitrogens is 1. The Kier molecular flexibility index (Phi) is 6.16. The second-order valence-corrected chi connectivity index (χ2v) is 6.61. The normalized spacial score (nSPS) is 12.0. The van der Waals surface area contributed by atoms with E-state index in [0.717, 1.165) is 16.8 Å². The average molecular weight is 385 g/mol. The number of nitrogens with one attached hydrogen (secondary N) is 3. The number of anilines is 1. The van der Waals surface area contributed by atoms with E-state index in [1.54, 1.807) is 26.4 Å². The van der Waals surface area contributed by atoms with Crippen molar-refractivity contribution in [3.05, 3.63) is 80.7 Å². The van der Waals surface area contributed by atoms with Gasteiger partial charge in [-0.05, 0) is 24.6 Å². The first-order chi connectivity index (χ1) is 13.0. The molecule has 0 spiro atoms. The molecule has 2 heterocycles. The zero-order valence-corrected chi connectivity index (χ0v) is 15.9. The van der Waals surface area contributed by atoms with Crippen LogP contribution in [-0.2, 0) is 13.0 Å². The van der Waals surface area contributed by atoms with E-state index < -0.39 is 0 Å². The number of aromatic nitrogens is 4. The third-order valence-corrected chi connectivity index (χ3v) is 4.33. The first kappa shape index (κ1) is 19.0. The molecule has 0 radical (unpaired) electrons.